The Hall–Kier alpha value is -3.00. The average Bonchev–Trinajstić information content (AvgIpc) is 3.03. The summed E-state index contributed by atoms with van der Waals surface area (Å²) in [5.74, 6) is -1.54. The van der Waals surface area contributed by atoms with Crippen molar-refractivity contribution in [2.24, 2.45) is 0 Å². The van der Waals surface area contributed by atoms with E-state index in [-0.39, 0.29) is 12.2 Å². The van der Waals surface area contributed by atoms with Crippen LogP contribution in [0.4, 0.5) is 13.2 Å². The van der Waals surface area contributed by atoms with Gasteiger partial charge in [-0.3, -0.25) is 4.79 Å². The molecule has 0 spiro atoms. The van der Waals surface area contributed by atoms with E-state index in [0.717, 1.165) is 28.6 Å². The first-order valence-electron chi connectivity index (χ1n) is 8.16. The Morgan fingerprint density at radius 1 is 1.19 bits per heavy atom. The van der Waals surface area contributed by atoms with E-state index in [1.807, 2.05) is 24.3 Å². The van der Waals surface area contributed by atoms with Gasteiger partial charge < -0.3 is 20.5 Å². The number of H-pyrrole nitrogens is 1. The van der Waals surface area contributed by atoms with Crippen molar-refractivity contribution in [3.63, 3.8) is 0 Å². The number of halogens is 3. The van der Waals surface area contributed by atoms with Crippen LogP contribution in [0.5, 0.6) is 5.75 Å². The molecule has 1 amide bonds. The summed E-state index contributed by atoms with van der Waals surface area (Å²) in [4.78, 5) is 15.4. The highest BCUT2D eigenvalue weighted by atomic mass is 19.4. The SMILES string of the molecule is O=C(NC(CO)Cc1c[nH]c2ccccc12)c1ccc(C(F)(F)F)cc1O. The van der Waals surface area contributed by atoms with Crippen LogP contribution in [0.2, 0.25) is 0 Å². The number of alkyl halides is 3. The van der Waals surface area contributed by atoms with Crippen molar-refractivity contribution < 1.29 is 28.2 Å². The number of aromatic amines is 1. The van der Waals surface area contributed by atoms with Gasteiger partial charge in [0.05, 0.1) is 23.8 Å². The van der Waals surface area contributed by atoms with E-state index in [0.29, 0.717) is 12.5 Å². The van der Waals surface area contributed by atoms with Crippen LogP contribution in [0.3, 0.4) is 0 Å². The van der Waals surface area contributed by atoms with Gasteiger partial charge in [0.2, 0.25) is 0 Å². The first-order valence-corrected chi connectivity index (χ1v) is 8.16. The predicted molar refractivity (Wildman–Crippen MR) is 93.5 cm³/mol. The fraction of sp³-hybridized carbons (Fsp3) is 0.211. The number of aliphatic hydroxyl groups is 1. The molecule has 5 nitrogen and oxygen atoms in total. The summed E-state index contributed by atoms with van der Waals surface area (Å²) in [6.07, 6.45) is -2.53. The molecule has 0 aliphatic heterocycles. The van der Waals surface area contributed by atoms with Crippen LogP contribution >= 0.6 is 0 Å². The Balaban J connectivity index is 1.75. The highest BCUT2D eigenvalue weighted by Gasteiger charge is 2.31. The number of fused-ring (bicyclic) bond motifs is 1. The van der Waals surface area contributed by atoms with Crippen LogP contribution in [-0.2, 0) is 12.6 Å². The predicted octanol–water partition coefficient (Wildman–Crippen LogP) is 3.23. The molecular weight excluding hydrogens is 361 g/mol. The molecule has 0 aliphatic rings. The van der Waals surface area contributed by atoms with Crippen molar-refractivity contribution in [2.75, 3.05) is 6.61 Å². The second-order valence-corrected chi connectivity index (χ2v) is 6.15. The zero-order chi connectivity index (χ0) is 19.6. The molecule has 1 aromatic heterocycles. The standard InChI is InChI=1S/C19H17F3N2O3/c20-19(21,22)12-5-6-15(17(26)8-12)18(27)24-13(10-25)7-11-9-23-16-4-2-1-3-14(11)16/h1-6,8-9,13,23,25-26H,7,10H2,(H,24,27). The lowest BCUT2D eigenvalue weighted by Crippen LogP contribution is -2.39. The van der Waals surface area contributed by atoms with Crippen LogP contribution in [-0.4, -0.2) is 33.8 Å². The number of hydrogen-bond acceptors (Lipinski definition) is 3. The molecule has 27 heavy (non-hydrogen) atoms. The molecular formula is C19H17F3N2O3. The van der Waals surface area contributed by atoms with E-state index in [4.69, 9.17) is 0 Å². The molecule has 3 rings (SSSR count). The number of amides is 1. The van der Waals surface area contributed by atoms with Crippen LogP contribution in [0.15, 0.2) is 48.7 Å². The van der Waals surface area contributed by atoms with E-state index >= 15 is 0 Å². The molecule has 0 aliphatic carbocycles. The summed E-state index contributed by atoms with van der Waals surface area (Å²) in [6.45, 7) is -0.368. The van der Waals surface area contributed by atoms with Gasteiger partial charge in [-0.2, -0.15) is 13.2 Å². The Kier molecular flexibility index (Phi) is 5.09. The Morgan fingerprint density at radius 2 is 1.93 bits per heavy atom. The molecule has 0 fully saturated rings. The lowest BCUT2D eigenvalue weighted by molar-refractivity contribution is -0.137. The van der Waals surface area contributed by atoms with Gasteiger partial charge in [0.25, 0.3) is 5.91 Å². The van der Waals surface area contributed by atoms with Crippen molar-refractivity contribution in [1.82, 2.24) is 10.3 Å². The van der Waals surface area contributed by atoms with Crippen molar-refractivity contribution in [2.45, 2.75) is 18.6 Å². The normalized spacial score (nSPS) is 12.9. The van der Waals surface area contributed by atoms with Gasteiger partial charge in [0.1, 0.15) is 5.75 Å². The molecule has 1 unspecified atom stereocenters. The average molecular weight is 378 g/mol. The molecule has 4 N–H and O–H groups in total. The van der Waals surface area contributed by atoms with Gasteiger partial charge in [0.15, 0.2) is 0 Å². The minimum Gasteiger partial charge on any atom is -0.507 e. The number of phenols is 1. The molecule has 3 aromatic rings. The molecule has 1 heterocycles. The molecule has 1 atom stereocenters. The molecule has 142 valence electrons. The van der Waals surface area contributed by atoms with Crippen LogP contribution in [0.25, 0.3) is 10.9 Å². The van der Waals surface area contributed by atoms with E-state index in [1.54, 1.807) is 6.20 Å². The second-order valence-electron chi connectivity index (χ2n) is 6.15. The highest BCUT2D eigenvalue weighted by Crippen LogP contribution is 2.32. The number of aliphatic hydroxyl groups excluding tert-OH is 1. The topological polar surface area (TPSA) is 85.4 Å². The number of phenolic OH excluding ortho intramolecular Hbond substituents is 1. The number of aromatic hydroxyl groups is 1. The molecule has 2 aromatic carbocycles. The zero-order valence-electron chi connectivity index (χ0n) is 14.0. The van der Waals surface area contributed by atoms with Crippen molar-refractivity contribution >= 4 is 16.8 Å². The van der Waals surface area contributed by atoms with E-state index < -0.39 is 29.4 Å². The molecule has 0 saturated carbocycles. The Bertz CT molecular complexity index is 966. The zero-order valence-corrected chi connectivity index (χ0v) is 14.0. The number of rotatable bonds is 5. The number of hydrogen-bond donors (Lipinski definition) is 4. The van der Waals surface area contributed by atoms with E-state index in [9.17, 15) is 28.2 Å². The highest BCUT2D eigenvalue weighted by molar-refractivity contribution is 5.97. The van der Waals surface area contributed by atoms with Gasteiger partial charge in [-0.05, 0) is 36.2 Å². The number of aromatic nitrogens is 1. The summed E-state index contributed by atoms with van der Waals surface area (Å²) in [6, 6.07) is 9.01. The summed E-state index contributed by atoms with van der Waals surface area (Å²) >= 11 is 0. The molecule has 0 saturated heterocycles. The second kappa shape index (κ2) is 7.32. The van der Waals surface area contributed by atoms with Gasteiger partial charge in [-0.15, -0.1) is 0 Å². The number of carbonyl (C=O) groups is 1. The number of nitrogens with one attached hydrogen (secondary N) is 2. The molecule has 8 heteroatoms. The van der Waals surface area contributed by atoms with E-state index in [1.165, 1.54) is 0 Å². The van der Waals surface area contributed by atoms with Gasteiger partial charge >= 0.3 is 6.18 Å². The third kappa shape index (κ3) is 4.06. The lowest BCUT2D eigenvalue weighted by Gasteiger charge is -2.17. The van der Waals surface area contributed by atoms with Gasteiger partial charge in [0, 0.05) is 17.1 Å². The number of para-hydroxylation sites is 1. The maximum absolute atomic E-state index is 12.7. The fourth-order valence-electron chi connectivity index (χ4n) is 2.89. The van der Waals surface area contributed by atoms with Crippen molar-refractivity contribution in [3.05, 3.63) is 65.4 Å². The van der Waals surface area contributed by atoms with Crippen molar-refractivity contribution in [3.8, 4) is 5.75 Å². The van der Waals surface area contributed by atoms with Crippen LogP contribution < -0.4 is 5.32 Å². The monoisotopic (exact) mass is 378 g/mol. The molecule has 0 bridgehead atoms. The van der Waals surface area contributed by atoms with Crippen LogP contribution in [0, 0.1) is 0 Å². The molecule has 0 radical (unpaired) electrons. The first-order chi connectivity index (χ1) is 12.8. The summed E-state index contributed by atoms with van der Waals surface area (Å²) in [5, 5.41) is 22.8. The fourth-order valence-corrected chi connectivity index (χ4v) is 2.89. The summed E-state index contributed by atoms with van der Waals surface area (Å²) in [5.41, 5.74) is 0.451. The third-order valence-electron chi connectivity index (χ3n) is 4.27. The Labute approximate surface area is 152 Å². The maximum Gasteiger partial charge on any atom is 0.416 e. The minimum atomic E-state index is -4.62. The van der Waals surface area contributed by atoms with Gasteiger partial charge in [-0.25, -0.2) is 0 Å². The third-order valence-corrected chi connectivity index (χ3v) is 4.27. The smallest absolute Gasteiger partial charge is 0.416 e. The summed E-state index contributed by atoms with van der Waals surface area (Å²) in [7, 11) is 0. The minimum absolute atomic E-state index is 0.291. The lowest BCUT2D eigenvalue weighted by atomic mass is 10.0. The van der Waals surface area contributed by atoms with Crippen LogP contribution in [0.1, 0.15) is 21.5 Å². The summed E-state index contributed by atoms with van der Waals surface area (Å²) < 4.78 is 38.0. The maximum atomic E-state index is 12.7. The number of benzene rings is 2. The number of carbonyl (C=O) groups excluding carboxylic acids is 1. The van der Waals surface area contributed by atoms with Crippen molar-refractivity contribution in [1.29, 1.82) is 0 Å². The van der Waals surface area contributed by atoms with E-state index in [2.05, 4.69) is 10.3 Å². The Morgan fingerprint density at radius 3 is 2.59 bits per heavy atom. The largest absolute Gasteiger partial charge is 0.507 e. The van der Waals surface area contributed by atoms with Gasteiger partial charge in [-0.1, -0.05) is 18.2 Å². The quantitative estimate of drug-likeness (QED) is 0.550. The first kappa shape index (κ1) is 18.8.